The summed E-state index contributed by atoms with van der Waals surface area (Å²) in [7, 11) is 2.96. The number of anilines is 1. The van der Waals surface area contributed by atoms with E-state index < -0.39 is 5.91 Å². The zero-order valence-corrected chi connectivity index (χ0v) is 13.9. The van der Waals surface area contributed by atoms with Gasteiger partial charge in [-0.15, -0.1) is 5.10 Å². The van der Waals surface area contributed by atoms with E-state index in [9.17, 15) is 9.59 Å². The van der Waals surface area contributed by atoms with E-state index in [1.165, 1.54) is 14.1 Å². The van der Waals surface area contributed by atoms with E-state index in [-0.39, 0.29) is 17.2 Å². The van der Waals surface area contributed by atoms with Crippen LogP contribution >= 0.6 is 0 Å². The van der Waals surface area contributed by atoms with Crippen LogP contribution in [0.15, 0.2) is 9.90 Å². The number of guanidine groups is 1. The molecule has 1 aromatic rings. The van der Waals surface area contributed by atoms with Gasteiger partial charge in [-0.1, -0.05) is 13.3 Å². The summed E-state index contributed by atoms with van der Waals surface area (Å²) in [4.78, 5) is 24.5. The third-order valence-electron chi connectivity index (χ3n) is 3.21. The number of nitrogens with zero attached hydrogens (tertiary/aromatic N) is 4. The van der Waals surface area contributed by atoms with Gasteiger partial charge >= 0.3 is 0 Å². The lowest BCUT2D eigenvalue weighted by Gasteiger charge is -2.17. The molecule has 1 rings (SSSR count). The first-order valence-corrected chi connectivity index (χ1v) is 7.22. The van der Waals surface area contributed by atoms with Crippen LogP contribution in [-0.2, 0) is 7.05 Å². The van der Waals surface area contributed by atoms with Crippen molar-refractivity contribution in [1.29, 1.82) is 0 Å². The van der Waals surface area contributed by atoms with Gasteiger partial charge in [0.2, 0.25) is 5.96 Å². The molecular formula is C13H24N8O2. The van der Waals surface area contributed by atoms with Crippen molar-refractivity contribution in [2.45, 2.75) is 26.7 Å². The maximum Gasteiger partial charge on any atom is 0.280 e. The van der Waals surface area contributed by atoms with Crippen LogP contribution in [0, 0.1) is 6.92 Å². The predicted octanol–water partition coefficient (Wildman–Crippen LogP) is -0.934. The van der Waals surface area contributed by atoms with Gasteiger partial charge in [0.25, 0.3) is 11.5 Å². The number of hydrazone groups is 1. The van der Waals surface area contributed by atoms with Crippen LogP contribution in [0.4, 0.5) is 5.69 Å². The first kappa shape index (κ1) is 18.4. The summed E-state index contributed by atoms with van der Waals surface area (Å²) in [5.41, 5.74) is 0.610. The van der Waals surface area contributed by atoms with E-state index in [4.69, 9.17) is 11.7 Å². The van der Waals surface area contributed by atoms with Crippen molar-refractivity contribution in [3.05, 3.63) is 21.6 Å². The highest BCUT2D eigenvalue weighted by Crippen LogP contribution is 2.15. The number of aryl methyl sites for hydroxylation is 1. The van der Waals surface area contributed by atoms with E-state index >= 15 is 0 Å². The molecule has 23 heavy (non-hydrogen) atoms. The van der Waals surface area contributed by atoms with Crippen molar-refractivity contribution in [3.63, 3.8) is 0 Å². The van der Waals surface area contributed by atoms with E-state index in [0.29, 0.717) is 17.8 Å². The molecule has 0 unspecified atom stereocenters. The third kappa shape index (κ3) is 4.42. The molecule has 0 saturated heterocycles. The smallest absolute Gasteiger partial charge is 0.280 e. The lowest BCUT2D eigenvalue weighted by atomic mass is 10.2. The molecule has 0 aliphatic heterocycles. The predicted molar refractivity (Wildman–Crippen MR) is 88.7 cm³/mol. The van der Waals surface area contributed by atoms with Gasteiger partial charge in [-0.25, -0.2) is 10.5 Å². The molecule has 1 heterocycles. The van der Waals surface area contributed by atoms with Crippen LogP contribution < -0.4 is 27.9 Å². The van der Waals surface area contributed by atoms with E-state index in [1.807, 2.05) is 6.92 Å². The molecule has 1 aromatic heterocycles. The molecule has 6 N–H and O–H groups in total. The monoisotopic (exact) mass is 324 g/mol. The molecule has 128 valence electrons. The standard InChI is InChI=1S/C13H24N8O2/c1-5-6-7-16-9-8(2)12(23)21(4)19-10(9)11(22)17-13(18-14)20(3)15/h16H,5-7,14-15H2,1-4H3,(H,17,18,22). The summed E-state index contributed by atoms with van der Waals surface area (Å²) in [5, 5.41) is 14.0. The number of unbranched alkanes of at least 4 members (excludes halogenated alkanes) is 1. The highest BCUT2D eigenvalue weighted by molar-refractivity contribution is 6.07. The number of aromatic nitrogens is 2. The summed E-state index contributed by atoms with van der Waals surface area (Å²) < 4.78 is 1.11. The van der Waals surface area contributed by atoms with E-state index in [0.717, 1.165) is 22.5 Å². The van der Waals surface area contributed by atoms with Crippen molar-refractivity contribution in [3.8, 4) is 0 Å². The summed E-state index contributed by atoms with van der Waals surface area (Å²) in [6.45, 7) is 4.31. The van der Waals surface area contributed by atoms with Gasteiger partial charge in [-0.05, 0) is 13.3 Å². The first-order valence-electron chi connectivity index (χ1n) is 7.22. The Kier molecular flexibility index (Phi) is 6.51. The summed E-state index contributed by atoms with van der Waals surface area (Å²) in [6.07, 6.45) is 1.88. The molecule has 0 aliphatic rings. The minimum Gasteiger partial charge on any atom is -0.383 e. The van der Waals surface area contributed by atoms with Crippen LogP contribution in [0.1, 0.15) is 35.8 Å². The van der Waals surface area contributed by atoms with Crippen molar-refractivity contribution in [2.24, 2.45) is 23.8 Å². The Morgan fingerprint density at radius 3 is 2.65 bits per heavy atom. The molecule has 0 fully saturated rings. The number of hydrazine groups is 1. The zero-order valence-electron chi connectivity index (χ0n) is 13.9. The fourth-order valence-electron chi connectivity index (χ4n) is 1.91. The molecule has 1 amide bonds. The Bertz CT molecular complexity index is 650. The Morgan fingerprint density at radius 2 is 2.13 bits per heavy atom. The van der Waals surface area contributed by atoms with Gasteiger partial charge in [-0.2, -0.15) is 5.10 Å². The van der Waals surface area contributed by atoms with Crippen LogP contribution in [0.2, 0.25) is 0 Å². The highest BCUT2D eigenvalue weighted by atomic mass is 16.2. The second-order valence-electron chi connectivity index (χ2n) is 5.08. The largest absolute Gasteiger partial charge is 0.383 e. The normalized spacial score (nSPS) is 11.3. The van der Waals surface area contributed by atoms with Gasteiger partial charge in [0, 0.05) is 26.2 Å². The Hall–Kier alpha value is -2.62. The molecule has 0 aliphatic carbocycles. The van der Waals surface area contributed by atoms with Crippen LogP contribution in [0.3, 0.4) is 0 Å². The summed E-state index contributed by atoms with van der Waals surface area (Å²) in [5.74, 6) is 10.1. The average molecular weight is 324 g/mol. The van der Waals surface area contributed by atoms with Gasteiger partial charge in [0.1, 0.15) is 0 Å². The summed E-state index contributed by atoms with van der Waals surface area (Å²) in [6, 6.07) is 0. The topological polar surface area (TPSA) is 144 Å². The number of nitrogens with two attached hydrogens (primary N) is 2. The number of amides is 1. The van der Waals surface area contributed by atoms with Crippen LogP contribution in [0.5, 0.6) is 0 Å². The molecule has 0 aromatic carbocycles. The van der Waals surface area contributed by atoms with E-state index in [1.54, 1.807) is 6.92 Å². The first-order chi connectivity index (χ1) is 10.8. The number of carbonyl (C=O) groups excluding carboxylic acids is 1. The van der Waals surface area contributed by atoms with Gasteiger partial charge in [0.05, 0.1) is 5.69 Å². The molecule has 10 nitrogen and oxygen atoms in total. The van der Waals surface area contributed by atoms with Gasteiger partial charge in [0.15, 0.2) is 5.69 Å². The molecular weight excluding hydrogens is 300 g/mol. The Balaban J connectivity index is 3.22. The van der Waals surface area contributed by atoms with Gasteiger partial charge in [-0.3, -0.25) is 19.9 Å². The van der Waals surface area contributed by atoms with E-state index in [2.05, 4.69) is 20.8 Å². The lowest BCUT2D eigenvalue weighted by molar-refractivity contribution is 0.0966. The minimum absolute atomic E-state index is 0.0252. The summed E-state index contributed by atoms with van der Waals surface area (Å²) >= 11 is 0. The zero-order chi connectivity index (χ0) is 17.6. The van der Waals surface area contributed by atoms with Crippen molar-refractivity contribution in [2.75, 3.05) is 18.9 Å². The molecule has 0 spiro atoms. The molecule has 0 radical (unpaired) electrons. The average Bonchev–Trinajstić information content (AvgIpc) is 2.51. The highest BCUT2D eigenvalue weighted by Gasteiger charge is 2.21. The second kappa shape index (κ2) is 8.13. The molecule has 0 saturated carbocycles. The third-order valence-corrected chi connectivity index (χ3v) is 3.21. The maximum absolute atomic E-state index is 12.4. The quantitative estimate of drug-likeness (QED) is 0.180. The number of rotatable bonds is 5. The number of hydrogen-bond donors (Lipinski definition) is 4. The number of nitrogens with one attached hydrogen (secondary N) is 2. The number of hydrogen-bond acceptors (Lipinski definition) is 7. The second-order valence-corrected chi connectivity index (χ2v) is 5.08. The number of carbonyl (C=O) groups is 1. The molecule has 0 bridgehead atoms. The van der Waals surface area contributed by atoms with Crippen LogP contribution in [0.25, 0.3) is 0 Å². The van der Waals surface area contributed by atoms with Crippen molar-refractivity contribution in [1.82, 2.24) is 20.1 Å². The fourth-order valence-corrected chi connectivity index (χ4v) is 1.91. The Labute approximate surface area is 134 Å². The van der Waals surface area contributed by atoms with Crippen LogP contribution in [-0.4, -0.2) is 40.2 Å². The fraction of sp³-hybridized carbons (Fsp3) is 0.538. The SMILES string of the molecule is CCCCNc1c(C(=O)N/C(=N/N)N(C)N)nn(C)c(=O)c1C. The van der Waals surface area contributed by atoms with Gasteiger partial charge < -0.3 is 11.2 Å². The van der Waals surface area contributed by atoms with Crippen molar-refractivity contribution >= 4 is 17.6 Å². The molecule has 10 heteroatoms. The van der Waals surface area contributed by atoms with Crippen molar-refractivity contribution < 1.29 is 4.79 Å². The Morgan fingerprint density at radius 1 is 1.48 bits per heavy atom. The minimum atomic E-state index is -0.566. The molecule has 0 atom stereocenters. The maximum atomic E-state index is 12.4. The lowest BCUT2D eigenvalue weighted by Crippen LogP contribution is -2.47.